The van der Waals surface area contributed by atoms with Gasteiger partial charge >= 0.3 is 0 Å². The van der Waals surface area contributed by atoms with E-state index in [4.69, 9.17) is 37.9 Å². The standard InChI is InChI=1S/C28H57FO8/c1-2-3-4-5-6-7-8-9-10-11-13-30-15-17-32-19-21-34-23-25-36-27-28-37-26-24-35-22-20-33-18-16-31-14-12-29/h2-28H2,1H3. The number of ether oxygens (including phenoxy) is 8. The van der Waals surface area contributed by atoms with Crippen LogP contribution in [0.4, 0.5) is 4.39 Å². The molecule has 0 fully saturated rings. The topological polar surface area (TPSA) is 73.8 Å². The molecular formula is C28H57FO8. The van der Waals surface area contributed by atoms with E-state index < -0.39 is 6.67 Å². The fourth-order valence-electron chi connectivity index (χ4n) is 3.39. The zero-order valence-electron chi connectivity index (χ0n) is 23.7. The van der Waals surface area contributed by atoms with Crippen LogP contribution in [0.2, 0.25) is 0 Å². The van der Waals surface area contributed by atoms with Gasteiger partial charge in [0.05, 0.1) is 99.1 Å². The van der Waals surface area contributed by atoms with Gasteiger partial charge in [-0.3, -0.25) is 0 Å². The zero-order chi connectivity index (χ0) is 26.7. The molecule has 0 bridgehead atoms. The maximum Gasteiger partial charge on any atom is 0.113 e. The molecule has 0 heterocycles. The van der Waals surface area contributed by atoms with Gasteiger partial charge in [-0.1, -0.05) is 64.7 Å². The third kappa shape index (κ3) is 35.6. The lowest BCUT2D eigenvalue weighted by Gasteiger charge is -2.08. The summed E-state index contributed by atoms with van der Waals surface area (Å²) >= 11 is 0. The molecule has 0 radical (unpaired) electrons. The summed E-state index contributed by atoms with van der Waals surface area (Å²) in [5.41, 5.74) is 0. The predicted octanol–water partition coefficient (Wildman–Crippen LogP) is 5.01. The summed E-state index contributed by atoms with van der Waals surface area (Å²) in [5.74, 6) is 0. The van der Waals surface area contributed by atoms with Crippen molar-refractivity contribution in [3.63, 3.8) is 0 Å². The van der Waals surface area contributed by atoms with Crippen molar-refractivity contribution in [3.05, 3.63) is 0 Å². The van der Waals surface area contributed by atoms with E-state index >= 15 is 0 Å². The molecular weight excluding hydrogens is 483 g/mol. The minimum atomic E-state index is -0.465. The Morgan fingerprint density at radius 2 is 0.541 bits per heavy atom. The smallest absolute Gasteiger partial charge is 0.113 e. The van der Waals surface area contributed by atoms with Crippen LogP contribution in [0.15, 0.2) is 0 Å². The van der Waals surface area contributed by atoms with E-state index in [0.717, 1.165) is 13.0 Å². The molecule has 224 valence electrons. The molecule has 0 rings (SSSR count). The lowest BCUT2D eigenvalue weighted by molar-refractivity contribution is -0.0233. The first-order valence-electron chi connectivity index (χ1n) is 14.6. The highest BCUT2D eigenvalue weighted by Crippen LogP contribution is 2.10. The van der Waals surface area contributed by atoms with Crippen LogP contribution in [0.3, 0.4) is 0 Å². The Morgan fingerprint density at radius 1 is 0.297 bits per heavy atom. The van der Waals surface area contributed by atoms with Gasteiger partial charge in [0.15, 0.2) is 0 Å². The first kappa shape index (κ1) is 36.6. The summed E-state index contributed by atoms with van der Waals surface area (Å²) in [6, 6.07) is 0. The Kier molecular flexibility index (Phi) is 35.2. The van der Waals surface area contributed by atoms with E-state index in [0.29, 0.717) is 92.5 Å². The van der Waals surface area contributed by atoms with Gasteiger partial charge in [-0.15, -0.1) is 0 Å². The maximum atomic E-state index is 11.8. The SMILES string of the molecule is CCCCCCCCCCCCOCCOCCOCCOCCOCCOCCOCCOCCF. The average Bonchev–Trinajstić information content (AvgIpc) is 2.91. The van der Waals surface area contributed by atoms with Crippen molar-refractivity contribution < 1.29 is 42.3 Å². The van der Waals surface area contributed by atoms with Crippen molar-refractivity contribution in [2.75, 3.05) is 112 Å². The van der Waals surface area contributed by atoms with E-state index in [-0.39, 0.29) is 6.61 Å². The summed E-state index contributed by atoms with van der Waals surface area (Å²) in [4.78, 5) is 0. The molecule has 0 spiro atoms. The van der Waals surface area contributed by atoms with E-state index in [1.54, 1.807) is 0 Å². The van der Waals surface area contributed by atoms with Gasteiger partial charge in [0, 0.05) is 6.61 Å². The highest BCUT2D eigenvalue weighted by molar-refractivity contribution is 4.47. The molecule has 0 saturated carbocycles. The number of hydrogen-bond acceptors (Lipinski definition) is 8. The quantitative estimate of drug-likeness (QED) is 0.106. The minimum absolute atomic E-state index is 0.124. The van der Waals surface area contributed by atoms with E-state index in [1.165, 1.54) is 57.8 Å². The Hall–Kier alpha value is -0.390. The van der Waals surface area contributed by atoms with Crippen molar-refractivity contribution >= 4 is 0 Å². The summed E-state index contributed by atoms with van der Waals surface area (Å²) in [6.45, 7) is 10.1. The number of alkyl halides is 1. The molecule has 0 N–H and O–H groups in total. The molecule has 0 aliphatic carbocycles. The van der Waals surface area contributed by atoms with E-state index in [2.05, 4.69) is 6.92 Å². The maximum absolute atomic E-state index is 11.8. The van der Waals surface area contributed by atoms with Crippen LogP contribution in [-0.2, 0) is 37.9 Å². The molecule has 0 amide bonds. The van der Waals surface area contributed by atoms with Crippen LogP contribution >= 0.6 is 0 Å². The molecule has 0 aromatic rings. The van der Waals surface area contributed by atoms with Crippen molar-refractivity contribution in [1.29, 1.82) is 0 Å². The molecule has 0 aliphatic rings. The lowest BCUT2D eigenvalue weighted by Crippen LogP contribution is -2.15. The molecule has 0 aromatic heterocycles. The highest BCUT2D eigenvalue weighted by atomic mass is 19.1. The van der Waals surface area contributed by atoms with Crippen LogP contribution in [0.1, 0.15) is 71.1 Å². The molecule has 0 aliphatic heterocycles. The van der Waals surface area contributed by atoms with Crippen molar-refractivity contribution in [1.82, 2.24) is 0 Å². The lowest BCUT2D eigenvalue weighted by atomic mass is 10.1. The Bertz CT molecular complexity index is 359. The molecule has 0 unspecified atom stereocenters. The molecule has 8 nitrogen and oxygen atoms in total. The second-order valence-electron chi connectivity index (χ2n) is 8.77. The highest BCUT2D eigenvalue weighted by Gasteiger charge is 1.96. The summed E-state index contributed by atoms with van der Waals surface area (Å²) < 4.78 is 54.9. The van der Waals surface area contributed by atoms with Gasteiger partial charge in [-0.25, -0.2) is 4.39 Å². The van der Waals surface area contributed by atoms with Crippen LogP contribution in [0.5, 0.6) is 0 Å². The fraction of sp³-hybridized carbons (Fsp3) is 1.00. The normalized spacial score (nSPS) is 11.5. The van der Waals surface area contributed by atoms with Crippen LogP contribution in [0.25, 0.3) is 0 Å². The van der Waals surface area contributed by atoms with Gasteiger partial charge in [-0.05, 0) is 6.42 Å². The molecule has 9 heteroatoms. The summed E-state index contributed by atoms with van der Waals surface area (Å²) in [6.07, 6.45) is 13.4. The summed E-state index contributed by atoms with van der Waals surface area (Å²) in [5, 5.41) is 0. The van der Waals surface area contributed by atoms with Gasteiger partial charge in [-0.2, -0.15) is 0 Å². The second kappa shape index (κ2) is 35.6. The molecule has 0 atom stereocenters. The largest absolute Gasteiger partial charge is 0.379 e. The van der Waals surface area contributed by atoms with E-state index in [1.807, 2.05) is 0 Å². The van der Waals surface area contributed by atoms with Crippen molar-refractivity contribution in [3.8, 4) is 0 Å². The molecule has 0 saturated heterocycles. The average molecular weight is 541 g/mol. The predicted molar refractivity (Wildman–Crippen MR) is 144 cm³/mol. The minimum Gasteiger partial charge on any atom is -0.379 e. The molecule has 0 aromatic carbocycles. The molecule has 37 heavy (non-hydrogen) atoms. The van der Waals surface area contributed by atoms with Crippen LogP contribution in [0, 0.1) is 0 Å². The monoisotopic (exact) mass is 540 g/mol. The summed E-state index contributed by atoms with van der Waals surface area (Å²) in [7, 11) is 0. The van der Waals surface area contributed by atoms with Gasteiger partial charge in [0.1, 0.15) is 6.67 Å². The van der Waals surface area contributed by atoms with Crippen LogP contribution in [-0.4, -0.2) is 112 Å². The third-order valence-electron chi connectivity index (χ3n) is 5.47. The van der Waals surface area contributed by atoms with Crippen molar-refractivity contribution in [2.45, 2.75) is 71.1 Å². The van der Waals surface area contributed by atoms with Gasteiger partial charge in [0.25, 0.3) is 0 Å². The Morgan fingerprint density at radius 3 is 0.838 bits per heavy atom. The number of rotatable bonds is 34. The van der Waals surface area contributed by atoms with Crippen molar-refractivity contribution in [2.24, 2.45) is 0 Å². The van der Waals surface area contributed by atoms with Gasteiger partial charge in [0.2, 0.25) is 0 Å². The van der Waals surface area contributed by atoms with Gasteiger partial charge < -0.3 is 37.9 Å². The zero-order valence-corrected chi connectivity index (χ0v) is 23.7. The van der Waals surface area contributed by atoms with E-state index in [9.17, 15) is 4.39 Å². The Labute approximate surface area is 226 Å². The Balaban J connectivity index is 3.00. The number of unbranched alkanes of at least 4 members (excludes halogenated alkanes) is 9. The number of hydrogen-bond donors (Lipinski definition) is 0. The second-order valence-corrected chi connectivity index (χ2v) is 8.77. The first-order valence-corrected chi connectivity index (χ1v) is 14.6. The fourth-order valence-corrected chi connectivity index (χ4v) is 3.39. The van der Waals surface area contributed by atoms with Crippen LogP contribution < -0.4 is 0 Å². The first-order chi connectivity index (χ1) is 18.4. The third-order valence-corrected chi connectivity index (χ3v) is 5.47. The number of halogens is 1.